The minimum atomic E-state index is -0.261. The molecule has 2 heterocycles. The van der Waals surface area contributed by atoms with Crippen molar-refractivity contribution in [2.75, 3.05) is 32.2 Å². The van der Waals surface area contributed by atoms with Gasteiger partial charge >= 0.3 is 0 Å². The molecule has 4 rings (SSSR count). The van der Waals surface area contributed by atoms with Gasteiger partial charge in [0.25, 0.3) is 0 Å². The molecule has 2 aliphatic rings. The van der Waals surface area contributed by atoms with Crippen LogP contribution in [0.15, 0.2) is 42.5 Å². The summed E-state index contributed by atoms with van der Waals surface area (Å²) in [5.41, 5.74) is 1.86. The van der Waals surface area contributed by atoms with Gasteiger partial charge in [-0.3, -0.25) is 9.69 Å². The van der Waals surface area contributed by atoms with E-state index in [4.69, 9.17) is 14.2 Å². The highest BCUT2D eigenvalue weighted by atomic mass is 16.5. The lowest BCUT2D eigenvalue weighted by Crippen LogP contribution is -2.41. The van der Waals surface area contributed by atoms with Crippen molar-refractivity contribution in [1.82, 2.24) is 4.90 Å². The van der Waals surface area contributed by atoms with Crippen molar-refractivity contribution in [2.24, 2.45) is 0 Å². The van der Waals surface area contributed by atoms with Gasteiger partial charge < -0.3 is 19.5 Å². The fourth-order valence-electron chi connectivity index (χ4n) is 4.13. The van der Waals surface area contributed by atoms with E-state index in [-0.39, 0.29) is 18.0 Å². The topological polar surface area (TPSA) is 60.0 Å². The molecule has 154 valence electrons. The van der Waals surface area contributed by atoms with Gasteiger partial charge in [0.1, 0.15) is 5.75 Å². The van der Waals surface area contributed by atoms with Crippen LogP contribution in [0, 0.1) is 0 Å². The fourth-order valence-corrected chi connectivity index (χ4v) is 4.13. The maximum atomic E-state index is 13.0. The van der Waals surface area contributed by atoms with E-state index in [1.807, 2.05) is 37.3 Å². The van der Waals surface area contributed by atoms with E-state index < -0.39 is 0 Å². The van der Waals surface area contributed by atoms with E-state index in [0.29, 0.717) is 24.7 Å². The summed E-state index contributed by atoms with van der Waals surface area (Å²) in [4.78, 5) is 15.2. The molecule has 0 spiro atoms. The Morgan fingerprint density at radius 1 is 1.14 bits per heavy atom. The quantitative estimate of drug-likeness (QED) is 0.827. The van der Waals surface area contributed by atoms with Crippen molar-refractivity contribution in [3.63, 3.8) is 0 Å². The number of hydrogen-bond donors (Lipinski definition) is 1. The van der Waals surface area contributed by atoms with Crippen molar-refractivity contribution < 1.29 is 19.0 Å². The summed E-state index contributed by atoms with van der Waals surface area (Å²) in [6, 6.07) is 13.6. The Bertz CT molecular complexity index is 870. The predicted octanol–water partition coefficient (Wildman–Crippen LogP) is 4.02. The molecule has 2 aliphatic heterocycles. The number of fused-ring (bicyclic) bond motifs is 1. The van der Waals surface area contributed by atoms with Gasteiger partial charge in [-0.1, -0.05) is 18.2 Å². The number of nitrogens with one attached hydrogen (secondary N) is 1. The molecule has 29 heavy (non-hydrogen) atoms. The molecule has 1 amide bonds. The van der Waals surface area contributed by atoms with Gasteiger partial charge in [-0.2, -0.15) is 0 Å². The first-order valence-corrected chi connectivity index (χ1v) is 10.3. The van der Waals surface area contributed by atoms with Crippen LogP contribution in [0.5, 0.6) is 17.2 Å². The third kappa shape index (κ3) is 4.17. The maximum Gasteiger partial charge on any atom is 0.241 e. The molecular weight excluding hydrogens is 368 g/mol. The van der Waals surface area contributed by atoms with Crippen molar-refractivity contribution in [2.45, 2.75) is 38.3 Å². The zero-order valence-electron chi connectivity index (χ0n) is 17.0. The summed E-state index contributed by atoms with van der Waals surface area (Å²) in [6.45, 7) is 4.20. The van der Waals surface area contributed by atoms with E-state index in [0.717, 1.165) is 37.3 Å². The van der Waals surface area contributed by atoms with Crippen LogP contribution in [0.4, 0.5) is 5.69 Å². The van der Waals surface area contributed by atoms with Crippen LogP contribution in [-0.2, 0) is 4.79 Å². The summed E-state index contributed by atoms with van der Waals surface area (Å²) in [5.74, 6) is 2.24. The molecular formula is C23H28N2O4. The zero-order valence-corrected chi connectivity index (χ0v) is 17.0. The van der Waals surface area contributed by atoms with Gasteiger partial charge in [0.05, 0.1) is 32.1 Å². The predicted molar refractivity (Wildman–Crippen MR) is 112 cm³/mol. The molecule has 6 nitrogen and oxygen atoms in total. The highest BCUT2D eigenvalue weighted by Crippen LogP contribution is 2.39. The number of carbonyl (C=O) groups excluding carboxylic acids is 1. The summed E-state index contributed by atoms with van der Waals surface area (Å²) < 4.78 is 17.0. The average Bonchev–Trinajstić information content (AvgIpc) is 3.12. The lowest BCUT2D eigenvalue weighted by molar-refractivity contribution is -0.121. The molecule has 0 aliphatic carbocycles. The third-order valence-corrected chi connectivity index (χ3v) is 5.69. The van der Waals surface area contributed by atoms with Gasteiger partial charge in [-0.15, -0.1) is 0 Å². The largest absolute Gasteiger partial charge is 0.495 e. The van der Waals surface area contributed by atoms with Gasteiger partial charge in [-0.25, -0.2) is 0 Å². The van der Waals surface area contributed by atoms with Crippen LogP contribution < -0.4 is 19.5 Å². The molecule has 0 bridgehead atoms. The maximum absolute atomic E-state index is 13.0. The first-order valence-electron chi connectivity index (χ1n) is 10.3. The van der Waals surface area contributed by atoms with Crippen molar-refractivity contribution in [1.29, 1.82) is 0 Å². The Morgan fingerprint density at radius 2 is 1.93 bits per heavy atom. The minimum absolute atomic E-state index is 0.0317. The van der Waals surface area contributed by atoms with Crippen molar-refractivity contribution in [3.05, 3.63) is 48.0 Å². The number of methoxy groups -OCH3 is 1. The Kier molecular flexibility index (Phi) is 5.90. The lowest BCUT2D eigenvalue weighted by atomic mass is 10.0. The Morgan fingerprint density at radius 3 is 2.76 bits per heavy atom. The summed E-state index contributed by atoms with van der Waals surface area (Å²) in [5, 5.41) is 3.02. The normalized spacial score (nSPS) is 20.0. The number of amides is 1. The second-order valence-electron chi connectivity index (χ2n) is 7.52. The molecule has 0 saturated carbocycles. The van der Waals surface area contributed by atoms with E-state index in [2.05, 4.69) is 22.3 Å². The Hall–Kier alpha value is -2.73. The van der Waals surface area contributed by atoms with E-state index in [9.17, 15) is 4.79 Å². The molecule has 6 heteroatoms. The van der Waals surface area contributed by atoms with E-state index in [1.54, 1.807) is 7.11 Å². The first-order chi connectivity index (χ1) is 14.2. The van der Waals surface area contributed by atoms with Crippen LogP contribution in [0.1, 0.15) is 37.8 Å². The third-order valence-electron chi connectivity index (χ3n) is 5.69. The van der Waals surface area contributed by atoms with Crippen LogP contribution in [-0.4, -0.2) is 43.7 Å². The second kappa shape index (κ2) is 8.74. The van der Waals surface area contributed by atoms with Crippen molar-refractivity contribution >= 4 is 11.6 Å². The number of para-hydroxylation sites is 2. The number of benzene rings is 2. The van der Waals surface area contributed by atoms with Gasteiger partial charge in [-0.05, 0) is 56.1 Å². The number of anilines is 1. The van der Waals surface area contributed by atoms with Crippen LogP contribution >= 0.6 is 0 Å². The van der Waals surface area contributed by atoms with Crippen LogP contribution in [0.2, 0.25) is 0 Å². The molecule has 2 aromatic rings. The zero-order chi connectivity index (χ0) is 20.2. The molecule has 1 N–H and O–H groups in total. The number of rotatable bonds is 5. The summed E-state index contributed by atoms with van der Waals surface area (Å²) in [7, 11) is 1.61. The molecule has 0 aromatic heterocycles. The second-order valence-corrected chi connectivity index (χ2v) is 7.52. The SMILES string of the molecule is COc1ccccc1NC(=O)[C@@H](C)N1CCC[C@@H]1c1ccc2c(c1)OCCCO2. The lowest BCUT2D eigenvalue weighted by Gasteiger charge is -2.30. The van der Waals surface area contributed by atoms with Gasteiger partial charge in [0.2, 0.25) is 5.91 Å². The van der Waals surface area contributed by atoms with E-state index in [1.165, 1.54) is 5.56 Å². The smallest absolute Gasteiger partial charge is 0.241 e. The molecule has 0 unspecified atom stereocenters. The highest BCUT2D eigenvalue weighted by Gasteiger charge is 2.33. The standard InChI is InChI=1S/C23H28N2O4/c1-16(23(26)24-18-7-3-4-9-20(18)27-2)25-12-5-8-19(25)17-10-11-21-22(15-17)29-14-6-13-28-21/h3-4,7,9-11,15-16,19H,5-6,8,12-14H2,1-2H3,(H,24,26)/t16-,19-/m1/s1. The van der Waals surface area contributed by atoms with Crippen LogP contribution in [0.25, 0.3) is 0 Å². The minimum Gasteiger partial charge on any atom is -0.495 e. The number of hydrogen-bond acceptors (Lipinski definition) is 5. The van der Waals surface area contributed by atoms with Gasteiger partial charge in [0, 0.05) is 12.5 Å². The number of carbonyl (C=O) groups is 1. The average molecular weight is 396 g/mol. The molecule has 2 aromatic carbocycles. The molecule has 0 radical (unpaired) electrons. The summed E-state index contributed by atoms with van der Waals surface area (Å²) >= 11 is 0. The molecule has 1 saturated heterocycles. The fraction of sp³-hybridized carbons (Fsp3) is 0.435. The highest BCUT2D eigenvalue weighted by molar-refractivity contribution is 5.95. The first kappa shape index (κ1) is 19.6. The molecule has 2 atom stereocenters. The van der Waals surface area contributed by atoms with Crippen LogP contribution in [0.3, 0.4) is 0 Å². The monoisotopic (exact) mass is 396 g/mol. The number of likely N-dealkylation sites (tertiary alicyclic amines) is 1. The van der Waals surface area contributed by atoms with Gasteiger partial charge in [0.15, 0.2) is 11.5 Å². The summed E-state index contributed by atoms with van der Waals surface area (Å²) in [6.07, 6.45) is 2.97. The van der Waals surface area contributed by atoms with E-state index >= 15 is 0 Å². The number of ether oxygens (including phenoxy) is 3. The molecule has 1 fully saturated rings. The Balaban J connectivity index is 1.50. The number of nitrogens with zero attached hydrogens (tertiary/aromatic N) is 1. The Labute approximate surface area is 171 Å². The van der Waals surface area contributed by atoms with Crippen molar-refractivity contribution in [3.8, 4) is 17.2 Å².